The van der Waals surface area contributed by atoms with Crippen LogP contribution in [0.25, 0.3) is 0 Å². The SMILES string of the molecule is CCCCNC(=O)[C@H](Cc1ccccc1)N(Cc1ccccc1Cl)C(=O)CN(c1ccc(OC)c(OC)c1)S(=O)(=O)c1ccccc1. The molecule has 0 saturated heterocycles. The number of methoxy groups -OCH3 is 2. The molecule has 0 saturated carbocycles. The minimum absolute atomic E-state index is 0.00150. The third kappa shape index (κ3) is 9.05. The van der Waals surface area contributed by atoms with Gasteiger partial charge in [0.2, 0.25) is 11.8 Å². The average Bonchev–Trinajstić information content (AvgIpc) is 3.09. The van der Waals surface area contributed by atoms with Crippen LogP contribution in [0.2, 0.25) is 5.02 Å². The molecule has 0 aliphatic rings. The molecular weight excluding hydrogens is 638 g/mol. The van der Waals surface area contributed by atoms with Gasteiger partial charge in [-0.25, -0.2) is 8.42 Å². The smallest absolute Gasteiger partial charge is 0.264 e. The van der Waals surface area contributed by atoms with Crippen LogP contribution < -0.4 is 19.1 Å². The number of nitrogens with zero attached hydrogens (tertiary/aromatic N) is 2. The molecule has 4 aromatic rings. The summed E-state index contributed by atoms with van der Waals surface area (Å²) < 4.78 is 40.3. The fourth-order valence-electron chi connectivity index (χ4n) is 5.10. The fourth-order valence-corrected chi connectivity index (χ4v) is 6.72. The Kier molecular flexibility index (Phi) is 12.7. The second kappa shape index (κ2) is 16.9. The maximum Gasteiger partial charge on any atom is 0.264 e. The highest BCUT2D eigenvalue weighted by Crippen LogP contribution is 2.34. The van der Waals surface area contributed by atoms with E-state index in [2.05, 4.69) is 5.32 Å². The standard InChI is InChI=1S/C36H40ClN3O6S/c1-4-5-22-38-36(42)32(23-27-14-8-6-9-15-27)39(25-28-16-12-13-19-31(28)37)35(41)26-40(47(43,44)30-17-10-7-11-18-30)29-20-21-33(45-2)34(24-29)46-3/h6-21,24,32H,4-5,22-23,25-26H2,1-3H3,(H,38,42)/t32-/m0/s1. The van der Waals surface area contributed by atoms with Crippen molar-refractivity contribution >= 4 is 39.1 Å². The van der Waals surface area contributed by atoms with E-state index < -0.39 is 28.5 Å². The summed E-state index contributed by atoms with van der Waals surface area (Å²) in [4.78, 5) is 29.9. The van der Waals surface area contributed by atoms with E-state index in [0.717, 1.165) is 22.7 Å². The summed E-state index contributed by atoms with van der Waals surface area (Å²) >= 11 is 6.57. The van der Waals surface area contributed by atoms with Crippen LogP contribution in [-0.4, -0.2) is 58.5 Å². The van der Waals surface area contributed by atoms with Gasteiger partial charge in [-0.1, -0.05) is 91.7 Å². The number of rotatable bonds is 16. The second-order valence-electron chi connectivity index (χ2n) is 10.8. The number of carbonyl (C=O) groups excluding carboxylic acids is 2. The molecule has 248 valence electrons. The normalized spacial score (nSPS) is 11.7. The zero-order valence-corrected chi connectivity index (χ0v) is 28.3. The summed E-state index contributed by atoms with van der Waals surface area (Å²) in [6, 6.07) is 28.0. The number of hydrogen-bond acceptors (Lipinski definition) is 6. The third-order valence-electron chi connectivity index (χ3n) is 7.66. The van der Waals surface area contributed by atoms with Crippen LogP contribution >= 0.6 is 11.6 Å². The van der Waals surface area contributed by atoms with Gasteiger partial charge in [0.15, 0.2) is 11.5 Å². The lowest BCUT2D eigenvalue weighted by molar-refractivity contribution is -0.140. The molecule has 0 unspecified atom stereocenters. The molecule has 1 atom stereocenters. The molecule has 0 aliphatic heterocycles. The van der Waals surface area contributed by atoms with Crippen molar-refractivity contribution in [1.82, 2.24) is 10.2 Å². The third-order valence-corrected chi connectivity index (χ3v) is 9.82. The van der Waals surface area contributed by atoms with E-state index >= 15 is 0 Å². The first-order chi connectivity index (χ1) is 22.7. The van der Waals surface area contributed by atoms with Crippen LogP contribution in [0.3, 0.4) is 0 Å². The lowest BCUT2D eigenvalue weighted by atomic mass is 10.0. The molecule has 0 radical (unpaired) electrons. The van der Waals surface area contributed by atoms with Crippen LogP contribution in [0.15, 0.2) is 108 Å². The van der Waals surface area contributed by atoms with E-state index in [4.69, 9.17) is 21.1 Å². The lowest BCUT2D eigenvalue weighted by Gasteiger charge is -2.34. The summed E-state index contributed by atoms with van der Waals surface area (Å²) in [5.74, 6) is -0.250. The molecule has 4 rings (SSSR count). The molecule has 0 bridgehead atoms. The molecule has 1 N–H and O–H groups in total. The number of ether oxygens (including phenoxy) is 2. The summed E-state index contributed by atoms with van der Waals surface area (Å²) in [7, 11) is -1.35. The van der Waals surface area contributed by atoms with Crippen molar-refractivity contribution in [3.8, 4) is 11.5 Å². The number of amides is 2. The topological polar surface area (TPSA) is 105 Å². The van der Waals surface area contributed by atoms with Gasteiger partial charge in [-0.2, -0.15) is 0 Å². The second-order valence-corrected chi connectivity index (χ2v) is 13.1. The Morgan fingerprint density at radius 2 is 1.49 bits per heavy atom. The Hall–Kier alpha value is -4.54. The van der Waals surface area contributed by atoms with Crippen LogP contribution in [0.1, 0.15) is 30.9 Å². The zero-order chi connectivity index (χ0) is 33.8. The minimum atomic E-state index is -4.27. The number of hydrogen-bond donors (Lipinski definition) is 1. The fraction of sp³-hybridized carbons (Fsp3) is 0.278. The molecule has 4 aromatic carbocycles. The summed E-state index contributed by atoms with van der Waals surface area (Å²) in [6.45, 7) is 1.83. The van der Waals surface area contributed by atoms with E-state index in [1.54, 1.807) is 54.6 Å². The van der Waals surface area contributed by atoms with E-state index in [0.29, 0.717) is 22.9 Å². The zero-order valence-electron chi connectivity index (χ0n) is 26.8. The number of benzene rings is 4. The van der Waals surface area contributed by atoms with Crippen LogP contribution in [0, 0.1) is 0 Å². The van der Waals surface area contributed by atoms with Crippen molar-refractivity contribution in [1.29, 1.82) is 0 Å². The summed E-state index contributed by atoms with van der Waals surface area (Å²) in [5.41, 5.74) is 1.64. The maximum absolute atomic E-state index is 14.6. The molecule has 0 aliphatic carbocycles. The van der Waals surface area contributed by atoms with Crippen LogP contribution in [0.5, 0.6) is 11.5 Å². The highest BCUT2D eigenvalue weighted by atomic mass is 35.5. The van der Waals surface area contributed by atoms with Crippen LogP contribution in [0.4, 0.5) is 5.69 Å². The Morgan fingerprint density at radius 1 is 0.851 bits per heavy atom. The number of unbranched alkanes of at least 4 members (excludes halogenated alkanes) is 1. The Labute approximate surface area is 282 Å². The first-order valence-electron chi connectivity index (χ1n) is 15.3. The molecule has 2 amide bonds. The van der Waals surface area contributed by atoms with Gasteiger partial charge in [-0.3, -0.25) is 13.9 Å². The minimum Gasteiger partial charge on any atom is -0.493 e. The predicted octanol–water partition coefficient (Wildman–Crippen LogP) is 6.11. The van der Waals surface area contributed by atoms with Crippen LogP contribution in [-0.2, 0) is 32.6 Å². The molecule has 47 heavy (non-hydrogen) atoms. The highest BCUT2D eigenvalue weighted by molar-refractivity contribution is 7.92. The summed E-state index contributed by atoms with van der Waals surface area (Å²) in [5, 5.41) is 3.40. The lowest BCUT2D eigenvalue weighted by Crippen LogP contribution is -2.53. The first-order valence-corrected chi connectivity index (χ1v) is 17.2. The van der Waals surface area contributed by atoms with Crippen molar-refractivity contribution in [2.75, 3.05) is 31.6 Å². The quantitative estimate of drug-likeness (QED) is 0.144. The Morgan fingerprint density at radius 3 is 2.13 bits per heavy atom. The summed E-state index contributed by atoms with van der Waals surface area (Å²) in [6.07, 6.45) is 1.85. The van der Waals surface area contributed by atoms with Gasteiger partial charge in [-0.15, -0.1) is 0 Å². The molecule has 0 spiro atoms. The monoisotopic (exact) mass is 677 g/mol. The van der Waals surface area contributed by atoms with Gasteiger partial charge in [0, 0.05) is 30.6 Å². The maximum atomic E-state index is 14.6. The van der Waals surface area contributed by atoms with E-state index in [1.165, 1.54) is 37.3 Å². The molecule has 11 heteroatoms. The van der Waals surface area contributed by atoms with Gasteiger partial charge < -0.3 is 19.7 Å². The number of nitrogens with one attached hydrogen (secondary N) is 1. The number of carbonyl (C=O) groups is 2. The first kappa shape index (κ1) is 35.3. The molecule has 0 aromatic heterocycles. The van der Waals surface area contributed by atoms with Gasteiger partial charge in [0.1, 0.15) is 12.6 Å². The van der Waals surface area contributed by atoms with Gasteiger partial charge >= 0.3 is 0 Å². The Bertz CT molecular complexity index is 1740. The number of sulfonamides is 1. The van der Waals surface area contributed by atoms with E-state index in [9.17, 15) is 18.0 Å². The molecule has 0 heterocycles. The number of halogens is 1. The average molecular weight is 678 g/mol. The molecule has 0 fully saturated rings. The van der Waals surface area contributed by atoms with Crippen molar-refractivity contribution in [3.63, 3.8) is 0 Å². The highest BCUT2D eigenvalue weighted by Gasteiger charge is 2.35. The van der Waals surface area contributed by atoms with Gasteiger partial charge in [-0.05, 0) is 47.9 Å². The predicted molar refractivity (Wildman–Crippen MR) is 184 cm³/mol. The largest absolute Gasteiger partial charge is 0.493 e. The molecule has 9 nitrogen and oxygen atoms in total. The van der Waals surface area contributed by atoms with Crippen molar-refractivity contribution < 1.29 is 27.5 Å². The Balaban J connectivity index is 1.83. The number of anilines is 1. The van der Waals surface area contributed by atoms with Crippen molar-refractivity contribution in [2.45, 2.75) is 43.7 Å². The van der Waals surface area contributed by atoms with Crippen molar-refractivity contribution in [3.05, 3.63) is 119 Å². The van der Waals surface area contributed by atoms with Gasteiger partial charge in [0.05, 0.1) is 24.8 Å². The van der Waals surface area contributed by atoms with E-state index in [-0.39, 0.29) is 35.2 Å². The van der Waals surface area contributed by atoms with Crippen molar-refractivity contribution in [2.24, 2.45) is 0 Å². The molecular formula is C36H40ClN3O6S. The van der Waals surface area contributed by atoms with Gasteiger partial charge in [0.25, 0.3) is 10.0 Å². The van der Waals surface area contributed by atoms with E-state index in [1.807, 2.05) is 37.3 Å².